The topological polar surface area (TPSA) is 84.5 Å². The monoisotopic (exact) mass is 416 g/mol. The Morgan fingerprint density at radius 1 is 1.12 bits per heavy atom. The predicted molar refractivity (Wildman–Crippen MR) is 101 cm³/mol. The Morgan fingerprint density at radius 3 is 2.46 bits per heavy atom. The summed E-state index contributed by atoms with van der Waals surface area (Å²) in [5.41, 5.74) is 5.15. The minimum atomic E-state index is -0.893. The first kappa shape index (κ1) is 18.0. The van der Waals surface area contributed by atoms with Gasteiger partial charge in [0.1, 0.15) is 5.76 Å². The van der Waals surface area contributed by atoms with Crippen molar-refractivity contribution in [2.75, 3.05) is 5.43 Å². The van der Waals surface area contributed by atoms with Gasteiger partial charge in [0.05, 0.1) is 12.1 Å². The van der Waals surface area contributed by atoms with Crippen LogP contribution >= 0.6 is 15.9 Å². The van der Waals surface area contributed by atoms with Crippen molar-refractivity contribution < 1.29 is 19.1 Å². The van der Waals surface area contributed by atoms with Gasteiger partial charge in [-0.15, -0.1) is 0 Å². The molecule has 0 saturated heterocycles. The molecular formula is C19H17BrN2O4. The van der Waals surface area contributed by atoms with E-state index < -0.39 is 11.9 Å². The molecule has 2 heterocycles. The van der Waals surface area contributed by atoms with Crippen LogP contribution in [0.4, 0.5) is 0 Å². The SMILES string of the molecule is Cc1ccc(C(=O)Nn2c(CCC(=O)O)ccc2-c2ccc(Br)cc2)o1. The van der Waals surface area contributed by atoms with Crippen LogP contribution in [0.5, 0.6) is 0 Å². The number of rotatable bonds is 6. The predicted octanol–water partition coefficient (Wildman–Crippen LogP) is 4.22. The van der Waals surface area contributed by atoms with Gasteiger partial charge in [0.25, 0.3) is 0 Å². The zero-order chi connectivity index (χ0) is 18.7. The van der Waals surface area contributed by atoms with E-state index >= 15 is 0 Å². The summed E-state index contributed by atoms with van der Waals surface area (Å²) in [5, 5.41) is 8.97. The van der Waals surface area contributed by atoms with Crippen LogP contribution in [0, 0.1) is 6.92 Å². The molecule has 3 aromatic rings. The van der Waals surface area contributed by atoms with Crippen molar-refractivity contribution >= 4 is 27.8 Å². The molecule has 134 valence electrons. The van der Waals surface area contributed by atoms with Crippen LogP contribution in [0.1, 0.15) is 28.4 Å². The smallest absolute Gasteiger partial charge is 0.305 e. The molecule has 0 unspecified atom stereocenters. The summed E-state index contributed by atoms with van der Waals surface area (Å²) in [6, 6.07) is 14.6. The van der Waals surface area contributed by atoms with E-state index in [0.717, 1.165) is 15.7 Å². The lowest BCUT2D eigenvalue weighted by molar-refractivity contribution is -0.136. The van der Waals surface area contributed by atoms with E-state index in [-0.39, 0.29) is 12.2 Å². The van der Waals surface area contributed by atoms with E-state index in [0.29, 0.717) is 17.9 Å². The van der Waals surface area contributed by atoms with Crippen LogP contribution in [0.2, 0.25) is 0 Å². The van der Waals surface area contributed by atoms with Gasteiger partial charge in [-0.2, -0.15) is 0 Å². The Hall–Kier alpha value is -2.80. The summed E-state index contributed by atoms with van der Waals surface area (Å²) in [6.07, 6.45) is 0.267. The first-order valence-corrected chi connectivity index (χ1v) is 8.79. The molecule has 2 aromatic heterocycles. The largest absolute Gasteiger partial charge is 0.481 e. The van der Waals surface area contributed by atoms with Gasteiger partial charge in [0, 0.05) is 22.2 Å². The number of furan rings is 1. The second kappa shape index (κ2) is 7.61. The van der Waals surface area contributed by atoms with E-state index in [9.17, 15) is 9.59 Å². The molecule has 3 rings (SSSR count). The fraction of sp³-hybridized carbons (Fsp3) is 0.158. The molecule has 0 aliphatic heterocycles. The molecule has 2 N–H and O–H groups in total. The first-order valence-electron chi connectivity index (χ1n) is 8.00. The van der Waals surface area contributed by atoms with E-state index in [4.69, 9.17) is 9.52 Å². The zero-order valence-corrected chi connectivity index (χ0v) is 15.6. The number of aryl methyl sites for hydroxylation is 2. The number of hydrogen-bond acceptors (Lipinski definition) is 3. The van der Waals surface area contributed by atoms with E-state index in [1.807, 2.05) is 36.4 Å². The van der Waals surface area contributed by atoms with Crippen LogP contribution in [0.25, 0.3) is 11.3 Å². The van der Waals surface area contributed by atoms with E-state index in [1.54, 1.807) is 23.7 Å². The highest BCUT2D eigenvalue weighted by molar-refractivity contribution is 9.10. The molecule has 0 saturated carbocycles. The maximum absolute atomic E-state index is 12.5. The second-order valence-corrected chi connectivity index (χ2v) is 6.71. The van der Waals surface area contributed by atoms with Crippen molar-refractivity contribution in [2.24, 2.45) is 0 Å². The highest BCUT2D eigenvalue weighted by Crippen LogP contribution is 2.24. The van der Waals surface area contributed by atoms with E-state index in [1.165, 1.54) is 0 Å². The number of benzene rings is 1. The number of amides is 1. The van der Waals surface area contributed by atoms with E-state index in [2.05, 4.69) is 21.4 Å². The second-order valence-electron chi connectivity index (χ2n) is 5.80. The number of hydrogen-bond donors (Lipinski definition) is 2. The minimum absolute atomic E-state index is 0.0283. The number of carboxylic acid groups (broad SMARTS) is 1. The Balaban J connectivity index is 1.95. The molecule has 0 fully saturated rings. The molecule has 0 aliphatic rings. The fourth-order valence-electron chi connectivity index (χ4n) is 2.60. The lowest BCUT2D eigenvalue weighted by Crippen LogP contribution is -2.25. The average molecular weight is 417 g/mol. The number of carbonyl (C=O) groups is 2. The minimum Gasteiger partial charge on any atom is -0.481 e. The summed E-state index contributed by atoms with van der Waals surface area (Å²) >= 11 is 3.40. The molecule has 1 aromatic carbocycles. The lowest BCUT2D eigenvalue weighted by atomic mass is 10.2. The van der Waals surface area contributed by atoms with Gasteiger partial charge in [-0.25, -0.2) is 0 Å². The molecule has 26 heavy (non-hydrogen) atoms. The third-order valence-electron chi connectivity index (χ3n) is 3.87. The van der Waals surface area contributed by atoms with Gasteiger partial charge >= 0.3 is 11.9 Å². The number of aromatic nitrogens is 1. The standard InChI is InChI=1S/C19H17BrN2O4/c1-12-2-10-17(26-12)19(25)21-22-15(8-11-18(23)24)7-9-16(22)13-3-5-14(20)6-4-13/h2-7,9-10H,8,11H2,1H3,(H,21,25)(H,23,24). The van der Waals surface area contributed by atoms with Gasteiger partial charge < -0.3 is 9.52 Å². The highest BCUT2D eigenvalue weighted by Gasteiger charge is 2.16. The molecular weight excluding hydrogens is 400 g/mol. The molecule has 6 nitrogen and oxygen atoms in total. The van der Waals surface area contributed by atoms with Crippen molar-refractivity contribution in [2.45, 2.75) is 19.8 Å². The summed E-state index contributed by atoms with van der Waals surface area (Å²) < 4.78 is 7.93. The van der Waals surface area contributed by atoms with Crippen molar-refractivity contribution in [1.82, 2.24) is 4.68 Å². The summed E-state index contributed by atoms with van der Waals surface area (Å²) in [6.45, 7) is 1.76. The molecule has 0 bridgehead atoms. The Kier molecular flexibility index (Phi) is 5.27. The van der Waals surface area contributed by atoms with Crippen LogP contribution in [0.15, 0.2) is 57.4 Å². The third kappa shape index (κ3) is 4.05. The maximum atomic E-state index is 12.5. The van der Waals surface area contributed by atoms with Crippen molar-refractivity contribution in [3.63, 3.8) is 0 Å². The Bertz CT molecular complexity index is 941. The quantitative estimate of drug-likeness (QED) is 0.629. The summed E-state index contributed by atoms with van der Waals surface area (Å²) in [7, 11) is 0. The molecule has 0 spiro atoms. The highest BCUT2D eigenvalue weighted by atomic mass is 79.9. The number of halogens is 1. The lowest BCUT2D eigenvalue weighted by Gasteiger charge is -2.14. The van der Waals surface area contributed by atoms with Gasteiger partial charge in [-0.1, -0.05) is 28.1 Å². The van der Waals surface area contributed by atoms with Crippen molar-refractivity contribution in [3.8, 4) is 11.3 Å². The molecule has 0 atom stereocenters. The van der Waals surface area contributed by atoms with Crippen molar-refractivity contribution in [1.29, 1.82) is 0 Å². The molecule has 0 radical (unpaired) electrons. The number of nitrogens with one attached hydrogen (secondary N) is 1. The Morgan fingerprint density at radius 2 is 1.85 bits per heavy atom. The Labute approximate surface area is 158 Å². The molecule has 7 heteroatoms. The van der Waals surface area contributed by atoms with Gasteiger partial charge in [0.2, 0.25) is 0 Å². The number of carbonyl (C=O) groups excluding carboxylic acids is 1. The maximum Gasteiger partial charge on any atom is 0.305 e. The average Bonchev–Trinajstić information content (AvgIpc) is 3.20. The zero-order valence-electron chi connectivity index (χ0n) is 14.0. The fourth-order valence-corrected chi connectivity index (χ4v) is 2.86. The third-order valence-corrected chi connectivity index (χ3v) is 4.40. The first-order chi connectivity index (χ1) is 12.4. The number of carboxylic acids is 1. The number of nitrogens with zero attached hydrogens (tertiary/aromatic N) is 1. The number of aliphatic carboxylic acids is 1. The van der Waals surface area contributed by atoms with Crippen LogP contribution in [-0.4, -0.2) is 21.7 Å². The summed E-state index contributed by atoms with van der Waals surface area (Å²) in [5.74, 6) is -0.454. The van der Waals surface area contributed by atoms with Gasteiger partial charge in [-0.3, -0.25) is 19.7 Å². The molecule has 1 amide bonds. The van der Waals surface area contributed by atoms with Crippen LogP contribution in [0.3, 0.4) is 0 Å². The van der Waals surface area contributed by atoms with Crippen LogP contribution in [-0.2, 0) is 11.2 Å². The van der Waals surface area contributed by atoms with Crippen molar-refractivity contribution in [3.05, 3.63) is 70.2 Å². The van der Waals surface area contributed by atoms with Gasteiger partial charge in [-0.05, 0) is 43.3 Å². The van der Waals surface area contributed by atoms with Crippen LogP contribution < -0.4 is 5.43 Å². The van der Waals surface area contributed by atoms with Gasteiger partial charge in [0.15, 0.2) is 5.76 Å². The molecule has 0 aliphatic carbocycles. The summed E-state index contributed by atoms with van der Waals surface area (Å²) in [4.78, 5) is 23.4. The normalized spacial score (nSPS) is 10.7.